The van der Waals surface area contributed by atoms with Crippen LogP contribution in [0.5, 0.6) is 11.5 Å². The third-order valence-corrected chi connectivity index (χ3v) is 6.28. The van der Waals surface area contributed by atoms with Crippen molar-refractivity contribution < 1.29 is 18.7 Å². The summed E-state index contributed by atoms with van der Waals surface area (Å²) >= 11 is 0. The number of nitrogens with zero attached hydrogens (tertiary/aromatic N) is 1. The number of rotatable bonds is 2. The lowest BCUT2D eigenvalue weighted by Gasteiger charge is -2.36. The van der Waals surface area contributed by atoms with Crippen LogP contribution in [0.3, 0.4) is 0 Å². The molecule has 0 fully saturated rings. The molecule has 1 amide bonds. The van der Waals surface area contributed by atoms with Crippen LogP contribution in [0, 0.1) is 5.82 Å². The zero-order chi connectivity index (χ0) is 21.7. The van der Waals surface area contributed by atoms with Crippen molar-refractivity contribution in [3.8, 4) is 11.5 Å². The largest absolute Gasteiger partial charge is 0.486 e. The smallest absolute Gasteiger partial charge is 0.254 e. The van der Waals surface area contributed by atoms with Gasteiger partial charge in [0.1, 0.15) is 25.1 Å². The predicted molar refractivity (Wildman–Crippen MR) is 119 cm³/mol. The number of hydrogen-bond acceptors (Lipinski definition) is 3. The van der Waals surface area contributed by atoms with E-state index in [0.29, 0.717) is 48.8 Å². The van der Waals surface area contributed by atoms with Gasteiger partial charge in [-0.2, -0.15) is 0 Å². The first kappa shape index (κ1) is 18.9. The van der Waals surface area contributed by atoms with E-state index in [9.17, 15) is 9.18 Å². The topological polar surface area (TPSA) is 54.6 Å². The van der Waals surface area contributed by atoms with Gasteiger partial charge in [-0.1, -0.05) is 36.4 Å². The van der Waals surface area contributed by atoms with Gasteiger partial charge in [0.25, 0.3) is 5.91 Å². The number of carbonyl (C=O) groups excluding carboxylic acids is 1. The van der Waals surface area contributed by atoms with Crippen molar-refractivity contribution in [2.45, 2.75) is 12.5 Å². The highest BCUT2D eigenvalue weighted by Crippen LogP contribution is 2.40. The first-order chi connectivity index (χ1) is 15.7. The molecular formula is C26H21FN2O3. The molecule has 0 saturated heterocycles. The quantitative estimate of drug-likeness (QED) is 0.496. The van der Waals surface area contributed by atoms with E-state index in [4.69, 9.17) is 9.47 Å². The van der Waals surface area contributed by atoms with Crippen LogP contribution in [0.2, 0.25) is 0 Å². The number of amides is 1. The van der Waals surface area contributed by atoms with E-state index in [1.807, 2.05) is 24.3 Å². The number of fused-ring (bicyclic) bond motifs is 4. The van der Waals surface area contributed by atoms with Gasteiger partial charge in [-0.05, 0) is 42.3 Å². The van der Waals surface area contributed by atoms with Crippen LogP contribution >= 0.6 is 0 Å². The van der Waals surface area contributed by atoms with E-state index in [-0.39, 0.29) is 11.7 Å². The van der Waals surface area contributed by atoms with Gasteiger partial charge in [0.05, 0.1) is 0 Å². The lowest BCUT2D eigenvalue weighted by molar-refractivity contribution is 0.0688. The number of H-pyrrole nitrogens is 1. The van der Waals surface area contributed by atoms with Gasteiger partial charge in [-0.25, -0.2) is 4.39 Å². The van der Waals surface area contributed by atoms with Gasteiger partial charge < -0.3 is 19.4 Å². The molecule has 32 heavy (non-hydrogen) atoms. The highest BCUT2D eigenvalue weighted by Gasteiger charge is 2.36. The van der Waals surface area contributed by atoms with Gasteiger partial charge in [0, 0.05) is 34.3 Å². The summed E-state index contributed by atoms with van der Waals surface area (Å²) in [5.74, 6) is 0.700. The number of nitrogens with one attached hydrogen (secondary N) is 1. The Balaban J connectivity index is 1.48. The molecule has 0 aliphatic carbocycles. The Kier molecular flexibility index (Phi) is 4.38. The number of benzene rings is 3. The van der Waals surface area contributed by atoms with Crippen molar-refractivity contribution in [1.82, 2.24) is 9.88 Å². The molecule has 3 heterocycles. The fourth-order valence-electron chi connectivity index (χ4n) is 4.82. The van der Waals surface area contributed by atoms with Gasteiger partial charge in [0.2, 0.25) is 0 Å². The zero-order valence-corrected chi connectivity index (χ0v) is 17.3. The fraction of sp³-hybridized carbons (Fsp3) is 0.192. The summed E-state index contributed by atoms with van der Waals surface area (Å²) in [7, 11) is 0. The van der Waals surface area contributed by atoms with E-state index in [2.05, 4.69) is 11.1 Å². The number of ether oxygens (including phenoxy) is 2. The third kappa shape index (κ3) is 2.94. The normalized spacial score (nSPS) is 17.3. The van der Waals surface area contributed by atoms with Crippen LogP contribution in [0.15, 0.2) is 66.7 Å². The Hall–Kier alpha value is -3.80. The summed E-state index contributed by atoms with van der Waals surface area (Å²) in [4.78, 5) is 18.9. The number of hydrogen-bond donors (Lipinski definition) is 1. The van der Waals surface area contributed by atoms with Gasteiger partial charge >= 0.3 is 0 Å². The highest BCUT2D eigenvalue weighted by atomic mass is 19.1. The molecule has 5 nitrogen and oxygen atoms in total. The minimum atomic E-state index is -0.548. The Morgan fingerprint density at radius 3 is 2.62 bits per heavy atom. The van der Waals surface area contributed by atoms with Crippen LogP contribution in [0.1, 0.15) is 33.2 Å². The molecule has 0 spiro atoms. The maximum Gasteiger partial charge on any atom is 0.254 e. The van der Waals surface area contributed by atoms with E-state index in [1.54, 1.807) is 35.2 Å². The Morgan fingerprint density at radius 2 is 1.75 bits per heavy atom. The number of carbonyl (C=O) groups is 1. The Bertz CT molecular complexity index is 1350. The van der Waals surface area contributed by atoms with Crippen LogP contribution in [0.4, 0.5) is 4.39 Å². The first-order valence-electron chi connectivity index (χ1n) is 10.8. The molecule has 0 saturated carbocycles. The third-order valence-electron chi connectivity index (χ3n) is 6.28. The van der Waals surface area contributed by atoms with Crippen LogP contribution < -0.4 is 9.47 Å². The van der Waals surface area contributed by atoms with Gasteiger partial charge in [-0.15, -0.1) is 0 Å². The monoisotopic (exact) mass is 428 g/mol. The molecule has 1 atom stereocenters. The van der Waals surface area contributed by atoms with E-state index in [1.165, 1.54) is 6.07 Å². The number of aromatic amines is 1. The number of halogens is 1. The average Bonchev–Trinajstić information content (AvgIpc) is 3.22. The van der Waals surface area contributed by atoms with Crippen molar-refractivity contribution in [1.29, 1.82) is 0 Å². The van der Waals surface area contributed by atoms with Crippen molar-refractivity contribution in [2.24, 2.45) is 0 Å². The highest BCUT2D eigenvalue weighted by molar-refractivity contribution is 5.96. The minimum Gasteiger partial charge on any atom is -0.486 e. The number of aromatic nitrogens is 1. The zero-order valence-electron chi connectivity index (χ0n) is 17.3. The first-order valence-corrected chi connectivity index (χ1v) is 10.8. The summed E-state index contributed by atoms with van der Waals surface area (Å²) in [5.41, 5.74) is 3.97. The molecule has 160 valence electrons. The maximum atomic E-state index is 15.0. The average molecular weight is 428 g/mol. The second-order valence-corrected chi connectivity index (χ2v) is 8.09. The summed E-state index contributed by atoms with van der Waals surface area (Å²) < 4.78 is 26.3. The Morgan fingerprint density at radius 1 is 0.969 bits per heavy atom. The molecule has 1 N–H and O–H groups in total. The van der Waals surface area contributed by atoms with Crippen molar-refractivity contribution in [3.05, 3.63) is 94.9 Å². The summed E-state index contributed by atoms with van der Waals surface area (Å²) in [6.07, 6.45) is 0.695. The molecule has 6 rings (SSSR count). The second-order valence-electron chi connectivity index (χ2n) is 8.09. The molecule has 3 aromatic carbocycles. The van der Waals surface area contributed by atoms with Crippen LogP contribution in [-0.2, 0) is 6.42 Å². The molecule has 0 radical (unpaired) electrons. The molecule has 6 heteroatoms. The lowest BCUT2D eigenvalue weighted by Crippen LogP contribution is -2.41. The molecular weight excluding hydrogens is 407 g/mol. The molecule has 0 bridgehead atoms. The SMILES string of the molecule is O=C(c1ccc2c(c1)OCCO2)N1CCc2c([nH]c3ccccc23)[C@@H]1c1ccccc1F. The van der Waals surface area contributed by atoms with Gasteiger partial charge in [0.15, 0.2) is 11.5 Å². The van der Waals surface area contributed by atoms with Gasteiger partial charge in [-0.3, -0.25) is 4.79 Å². The van der Waals surface area contributed by atoms with Crippen LogP contribution in [0.25, 0.3) is 10.9 Å². The fourth-order valence-corrected chi connectivity index (χ4v) is 4.82. The van der Waals surface area contributed by atoms with E-state index < -0.39 is 6.04 Å². The standard InChI is InChI=1S/C26H21FN2O3/c27-20-7-3-1-6-19(20)25-24-18(17-5-2-4-8-21(17)28-24)11-12-29(25)26(30)16-9-10-22-23(15-16)32-14-13-31-22/h1-10,15,25,28H,11-14H2/t25-/m0/s1. The minimum absolute atomic E-state index is 0.167. The molecule has 2 aliphatic heterocycles. The summed E-state index contributed by atoms with van der Waals surface area (Å²) in [6, 6.07) is 19.4. The van der Waals surface area contributed by atoms with E-state index >= 15 is 0 Å². The predicted octanol–water partition coefficient (Wildman–Crippen LogP) is 4.87. The maximum absolute atomic E-state index is 15.0. The van der Waals surface area contributed by atoms with Crippen molar-refractivity contribution in [2.75, 3.05) is 19.8 Å². The van der Waals surface area contributed by atoms with Crippen molar-refractivity contribution in [3.63, 3.8) is 0 Å². The van der Waals surface area contributed by atoms with Crippen molar-refractivity contribution >= 4 is 16.8 Å². The molecule has 2 aliphatic rings. The lowest BCUT2D eigenvalue weighted by atomic mass is 9.91. The second kappa shape index (κ2) is 7.41. The number of para-hydroxylation sites is 1. The Labute approximate surface area is 184 Å². The summed E-state index contributed by atoms with van der Waals surface area (Å²) in [6.45, 7) is 1.43. The van der Waals surface area contributed by atoms with Crippen LogP contribution in [-0.4, -0.2) is 35.5 Å². The summed E-state index contributed by atoms with van der Waals surface area (Å²) in [5, 5.41) is 1.12. The molecule has 1 aromatic heterocycles. The van der Waals surface area contributed by atoms with E-state index in [0.717, 1.165) is 22.2 Å². The molecule has 4 aromatic rings. The molecule has 0 unspecified atom stereocenters.